The predicted octanol–water partition coefficient (Wildman–Crippen LogP) is 7.19. The lowest BCUT2D eigenvalue weighted by molar-refractivity contribution is 0.883. The van der Waals surface area contributed by atoms with Crippen molar-refractivity contribution >= 4 is 11.3 Å². The molecule has 1 aromatic rings. The smallest absolute Gasteiger partial charge is 0.0459 e. The average molecular weight is 344 g/mol. The molecule has 1 heterocycles. The molecule has 2 aliphatic rings. The van der Waals surface area contributed by atoms with Crippen LogP contribution in [0.3, 0.4) is 0 Å². The molecule has 0 spiro atoms. The maximum atomic E-state index is 2.43. The molecule has 1 atom stereocenters. The zero-order valence-electron chi connectivity index (χ0n) is 16.4. The number of benzene rings is 1. The second-order valence-electron chi connectivity index (χ2n) is 6.78. The Balaban J connectivity index is 2.00. The summed E-state index contributed by atoms with van der Waals surface area (Å²) in [5, 5.41) is 0. The molecule has 3 rings (SSSR count). The normalized spacial score (nSPS) is 20.5. The van der Waals surface area contributed by atoms with Gasteiger partial charge < -0.3 is 4.90 Å². The van der Waals surface area contributed by atoms with E-state index in [0.29, 0.717) is 5.92 Å². The highest BCUT2D eigenvalue weighted by Gasteiger charge is 2.32. The Bertz CT molecular complexity index is 825. The van der Waals surface area contributed by atoms with Gasteiger partial charge in [0, 0.05) is 23.0 Å². The lowest BCUT2D eigenvalue weighted by Crippen LogP contribution is -2.19. The van der Waals surface area contributed by atoms with Crippen LogP contribution >= 0.6 is 0 Å². The number of hydrogen-bond donors (Lipinski definition) is 0. The van der Waals surface area contributed by atoms with Crippen molar-refractivity contribution in [2.45, 2.75) is 40.5 Å². The number of nitrogens with zero attached hydrogens (tertiary/aromatic N) is 1. The molecule has 134 valence electrons. The predicted molar refractivity (Wildman–Crippen MR) is 115 cm³/mol. The SMILES string of the molecule is C/C=C\C(=C/C)c1ccc(N2C3=CCC=CC3C(C)=C2/C=C\CC)cc1. The molecule has 0 saturated carbocycles. The fourth-order valence-electron chi connectivity index (χ4n) is 3.77. The molecule has 1 unspecified atom stereocenters. The molecular weight excluding hydrogens is 314 g/mol. The lowest BCUT2D eigenvalue weighted by atomic mass is 9.94. The van der Waals surface area contributed by atoms with Gasteiger partial charge in [0.15, 0.2) is 0 Å². The average Bonchev–Trinajstić information content (AvgIpc) is 2.97. The molecule has 0 radical (unpaired) electrons. The minimum Gasteiger partial charge on any atom is -0.314 e. The van der Waals surface area contributed by atoms with Gasteiger partial charge in [0.2, 0.25) is 0 Å². The van der Waals surface area contributed by atoms with Crippen LogP contribution < -0.4 is 4.90 Å². The van der Waals surface area contributed by atoms with E-state index in [1.165, 1.54) is 33.8 Å². The summed E-state index contributed by atoms with van der Waals surface area (Å²) in [6.45, 7) is 8.60. The molecule has 0 bridgehead atoms. The van der Waals surface area contributed by atoms with E-state index in [2.05, 4.69) is 105 Å². The first kappa shape index (κ1) is 18.3. The van der Waals surface area contributed by atoms with Gasteiger partial charge in [-0.3, -0.25) is 0 Å². The van der Waals surface area contributed by atoms with Gasteiger partial charge in [0.05, 0.1) is 0 Å². The number of hydrogen-bond acceptors (Lipinski definition) is 1. The van der Waals surface area contributed by atoms with Crippen molar-refractivity contribution in [1.29, 1.82) is 0 Å². The van der Waals surface area contributed by atoms with Crippen LogP contribution in [0.5, 0.6) is 0 Å². The summed E-state index contributed by atoms with van der Waals surface area (Å²) < 4.78 is 0. The van der Waals surface area contributed by atoms with Gasteiger partial charge in [0.1, 0.15) is 0 Å². The summed E-state index contributed by atoms with van der Waals surface area (Å²) in [6, 6.07) is 8.95. The Morgan fingerprint density at radius 2 is 1.96 bits per heavy atom. The highest BCUT2D eigenvalue weighted by atomic mass is 15.2. The molecule has 1 aliphatic heterocycles. The fourth-order valence-corrected chi connectivity index (χ4v) is 3.77. The standard InChI is InChI=1S/C25H29N/c1-5-8-13-24-19(4)23-12-9-10-14-25(23)26(24)22-17-15-21(16-18-22)20(7-3)11-6-2/h6-9,11-18,23H,5,10H2,1-4H3/b11-6-,13-8-,20-7+. The second-order valence-corrected chi connectivity index (χ2v) is 6.78. The summed E-state index contributed by atoms with van der Waals surface area (Å²) >= 11 is 0. The second kappa shape index (κ2) is 8.23. The van der Waals surface area contributed by atoms with Crippen LogP contribution in [0.25, 0.3) is 5.57 Å². The summed E-state index contributed by atoms with van der Waals surface area (Å²) in [6.07, 6.45) is 20.0. The van der Waals surface area contributed by atoms with Crippen LogP contribution in [0.4, 0.5) is 5.69 Å². The molecule has 1 aromatic carbocycles. The van der Waals surface area contributed by atoms with Crippen molar-refractivity contribution in [3.63, 3.8) is 0 Å². The van der Waals surface area contributed by atoms with E-state index in [4.69, 9.17) is 0 Å². The first-order chi connectivity index (χ1) is 12.7. The Hall–Kier alpha value is -2.54. The maximum absolute atomic E-state index is 2.43. The first-order valence-corrected chi connectivity index (χ1v) is 9.64. The third kappa shape index (κ3) is 3.39. The minimum atomic E-state index is 0.411. The number of fused-ring (bicyclic) bond motifs is 1. The zero-order valence-corrected chi connectivity index (χ0v) is 16.4. The summed E-state index contributed by atoms with van der Waals surface area (Å²) in [5.74, 6) is 0.411. The van der Waals surface area contributed by atoms with Crippen LogP contribution in [-0.4, -0.2) is 0 Å². The highest BCUT2D eigenvalue weighted by molar-refractivity contribution is 5.76. The van der Waals surface area contributed by atoms with Gasteiger partial charge in [-0.1, -0.05) is 61.6 Å². The zero-order chi connectivity index (χ0) is 18.5. The van der Waals surface area contributed by atoms with Crippen LogP contribution in [0.15, 0.2) is 89.8 Å². The molecular formula is C25H29N. The summed E-state index contributed by atoms with van der Waals surface area (Å²) in [7, 11) is 0. The Kier molecular flexibility index (Phi) is 5.78. The monoisotopic (exact) mass is 343 g/mol. The Morgan fingerprint density at radius 3 is 2.62 bits per heavy atom. The molecule has 1 nitrogen and oxygen atoms in total. The van der Waals surface area contributed by atoms with E-state index >= 15 is 0 Å². The van der Waals surface area contributed by atoms with Crippen molar-refractivity contribution in [2.24, 2.45) is 5.92 Å². The van der Waals surface area contributed by atoms with Crippen molar-refractivity contribution < 1.29 is 0 Å². The summed E-state index contributed by atoms with van der Waals surface area (Å²) in [5.41, 5.74) is 7.91. The van der Waals surface area contributed by atoms with Crippen molar-refractivity contribution in [3.8, 4) is 0 Å². The number of allylic oxidation sites excluding steroid dienone is 9. The third-order valence-electron chi connectivity index (χ3n) is 5.11. The first-order valence-electron chi connectivity index (χ1n) is 9.64. The molecule has 0 fully saturated rings. The summed E-state index contributed by atoms with van der Waals surface area (Å²) in [4.78, 5) is 2.43. The largest absolute Gasteiger partial charge is 0.314 e. The van der Waals surface area contributed by atoms with E-state index < -0.39 is 0 Å². The van der Waals surface area contributed by atoms with Gasteiger partial charge in [0.25, 0.3) is 0 Å². The van der Waals surface area contributed by atoms with Crippen LogP contribution in [0.1, 0.15) is 46.1 Å². The van der Waals surface area contributed by atoms with Gasteiger partial charge in [-0.15, -0.1) is 0 Å². The van der Waals surface area contributed by atoms with Crippen molar-refractivity contribution in [3.05, 3.63) is 95.4 Å². The van der Waals surface area contributed by atoms with Crippen LogP contribution in [0, 0.1) is 5.92 Å². The molecule has 26 heavy (non-hydrogen) atoms. The lowest BCUT2D eigenvalue weighted by Gasteiger charge is -2.26. The fraction of sp³-hybridized carbons (Fsp3) is 0.280. The Labute approximate surface area is 158 Å². The minimum absolute atomic E-state index is 0.411. The van der Waals surface area contributed by atoms with E-state index in [0.717, 1.165) is 12.8 Å². The van der Waals surface area contributed by atoms with Crippen molar-refractivity contribution in [1.82, 2.24) is 0 Å². The van der Waals surface area contributed by atoms with E-state index in [1.807, 2.05) is 0 Å². The van der Waals surface area contributed by atoms with E-state index in [1.54, 1.807) is 0 Å². The van der Waals surface area contributed by atoms with Crippen LogP contribution in [0.2, 0.25) is 0 Å². The van der Waals surface area contributed by atoms with Crippen molar-refractivity contribution in [2.75, 3.05) is 4.90 Å². The molecule has 0 saturated heterocycles. The van der Waals surface area contributed by atoms with Gasteiger partial charge >= 0.3 is 0 Å². The molecule has 1 aliphatic carbocycles. The van der Waals surface area contributed by atoms with Crippen LogP contribution in [-0.2, 0) is 0 Å². The van der Waals surface area contributed by atoms with E-state index in [9.17, 15) is 0 Å². The topological polar surface area (TPSA) is 3.24 Å². The third-order valence-corrected chi connectivity index (χ3v) is 5.11. The number of anilines is 1. The van der Waals surface area contributed by atoms with E-state index in [-0.39, 0.29) is 0 Å². The molecule has 0 amide bonds. The number of rotatable bonds is 5. The highest BCUT2D eigenvalue weighted by Crippen LogP contribution is 2.43. The quantitative estimate of drug-likeness (QED) is 0.404. The molecule has 1 heteroatoms. The molecule has 0 N–H and O–H groups in total. The van der Waals surface area contributed by atoms with Gasteiger partial charge in [-0.05, 0) is 68.5 Å². The Morgan fingerprint density at radius 1 is 1.19 bits per heavy atom. The molecule has 0 aromatic heterocycles. The van der Waals surface area contributed by atoms with Gasteiger partial charge in [-0.2, -0.15) is 0 Å². The maximum Gasteiger partial charge on any atom is 0.0459 e. The van der Waals surface area contributed by atoms with Gasteiger partial charge in [-0.25, -0.2) is 0 Å².